The fourth-order valence-electron chi connectivity index (χ4n) is 3.27. The Labute approximate surface area is 164 Å². The van der Waals surface area contributed by atoms with Gasteiger partial charge in [-0.15, -0.1) is 0 Å². The van der Waals surface area contributed by atoms with Gasteiger partial charge in [0.15, 0.2) is 0 Å². The van der Waals surface area contributed by atoms with Crippen LogP contribution in [-0.4, -0.2) is 28.7 Å². The number of fused-ring (bicyclic) bond motifs is 1. The van der Waals surface area contributed by atoms with Crippen LogP contribution in [0.3, 0.4) is 0 Å². The third kappa shape index (κ3) is 3.65. The van der Waals surface area contributed by atoms with Crippen LogP contribution in [0.2, 0.25) is 0 Å². The topological polar surface area (TPSA) is 71.8 Å². The molecule has 0 unspecified atom stereocenters. The number of hydrogen-bond acceptors (Lipinski definition) is 3. The predicted octanol–water partition coefficient (Wildman–Crippen LogP) is 4.40. The fourth-order valence-corrected chi connectivity index (χ4v) is 3.27. The first-order chi connectivity index (χ1) is 13.8. The minimum absolute atomic E-state index is 0.00274. The van der Waals surface area contributed by atoms with Crippen LogP contribution in [0.15, 0.2) is 42.5 Å². The third-order valence-corrected chi connectivity index (χ3v) is 4.97. The summed E-state index contributed by atoms with van der Waals surface area (Å²) in [5, 5.41) is 9.46. The number of carbonyl (C=O) groups excluding carboxylic acids is 1. The lowest BCUT2D eigenvalue weighted by molar-refractivity contribution is -0.119. The predicted molar refractivity (Wildman–Crippen MR) is 102 cm³/mol. The van der Waals surface area contributed by atoms with Crippen molar-refractivity contribution < 1.29 is 28.2 Å². The second kappa shape index (κ2) is 7.20. The normalized spacial score (nSPS) is 13.5. The Kier molecular flexibility index (Phi) is 4.70. The molecule has 0 saturated heterocycles. The van der Waals surface area contributed by atoms with Crippen LogP contribution >= 0.6 is 0 Å². The molecule has 4 rings (SSSR count). The first-order valence-corrected chi connectivity index (χ1v) is 9.08. The van der Waals surface area contributed by atoms with E-state index >= 15 is 0 Å². The van der Waals surface area contributed by atoms with E-state index in [0.717, 1.165) is 29.2 Å². The number of carbonyl (C=O) groups is 2. The van der Waals surface area contributed by atoms with Gasteiger partial charge in [0.2, 0.25) is 5.91 Å². The van der Waals surface area contributed by atoms with E-state index in [-0.39, 0.29) is 35.0 Å². The van der Waals surface area contributed by atoms with Crippen LogP contribution in [0.1, 0.15) is 18.5 Å². The van der Waals surface area contributed by atoms with Crippen molar-refractivity contribution in [1.82, 2.24) is 4.57 Å². The lowest BCUT2D eigenvalue weighted by Crippen LogP contribution is -2.27. The number of halogens is 2. The molecule has 2 aromatic carbocycles. The van der Waals surface area contributed by atoms with Crippen LogP contribution in [0.5, 0.6) is 5.75 Å². The molecule has 8 heteroatoms. The molecule has 1 fully saturated rings. The summed E-state index contributed by atoms with van der Waals surface area (Å²) in [6, 6.07) is 9.80. The van der Waals surface area contributed by atoms with Crippen LogP contribution < -0.4 is 9.64 Å². The van der Waals surface area contributed by atoms with Crippen LogP contribution in [-0.2, 0) is 11.4 Å². The number of nitrogens with zero attached hydrogens (tertiary/aromatic N) is 2. The van der Waals surface area contributed by atoms with Crippen LogP contribution in [0.4, 0.5) is 19.3 Å². The highest BCUT2D eigenvalue weighted by Gasteiger charge is 2.32. The molecular weight excluding hydrogens is 382 g/mol. The standard InChI is InChI=1S/C21H18F2N2O4/c1-24(20(26)12-2-3-12)14-4-6-16(7-5-14)29-11-15-10-17-18(23)8-13(22)9-19(17)25(15)21(27)28/h4-10,12H,2-3,11H2,1H3,(H,27,28). The molecule has 1 amide bonds. The van der Waals surface area contributed by atoms with Gasteiger partial charge < -0.3 is 14.7 Å². The van der Waals surface area contributed by atoms with Gasteiger partial charge in [-0.3, -0.25) is 4.79 Å². The molecule has 6 nitrogen and oxygen atoms in total. The Morgan fingerprint density at radius 3 is 2.48 bits per heavy atom. The van der Waals surface area contributed by atoms with Crippen molar-refractivity contribution in [2.24, 2.45) is 5.92 Å². The zero-order chi connectivity index (χ0) is 20.7. The first kappa shape index (κ1) is 18.9. The van der Waals surface area contributed by atoms with Gasteiger partial charge in [0.05, 0.1) is 11.2 Å². The molecule has 3 aromatic rings. The highest BCUT2D eigenvalue weighted by Crippen LogP contribution is 2.32. The molecule has 0 bridgehead atoms. The van der Waals surface area contributed by atoms with E-state index in [1.54, 1.807) is 36.2 Å². The highest BCUT2D eigenvalue weighted by atomic mass is 19.1. The van der Waals surface area contributed by atoms with Gasteiger partial charge in [-0.1, -0.05) is 0 Å². The summed E-state index contributed by atoms with van der Waals surface area (Å²) in [6.07, 6.45) is 0.484. The number of rotatable bonds is 5. The zero-order valence-corrected chi connectivity index (χ0v) is 15.6. The smallest absolute Gasteiger partial charge is 0.416 e. The first-order valence-electron chi connectivity index (χ1n) is 9.08. The molecule has 1 aliphatic carbocycles. The summed E-state index contributed by atoms with van der Waals surface area (Å²) in [6.45, 7) is -0.155. The molecule has 150 valence electrons. The Balaban J connectivity index is 1.53. The van der Waals surface area contributed by atoms with E-state index in [1.807, 2.05) is 0 Å². The number of benzene rings is 2. The lowest BCUT2D eigenvalue weighted by Gasteiger charge is -2.17. The minimum Gasteiger partial charge on any atom is -0.487 e. The quantitative estimate of drug-likeness (QED) is 0.689. The Morgan fingerprint density at radius 1 is 1.17 bits per heavy atom. The van der Waals surface area contributed by atoms with Gasteiger partial charge in [-0.05, 0) is 49.2 Å². The summed E-state index contributed by atoms with van der Waals surface area (Å²) < 4.78 is 33.9. The van der Waals surface area contributed by atoms with Crippen LogP contribution in [0, 0.1) is 17.6 Å². The van der Waals surface area contributed by atoms with Crippen molar-refractivity contribution in [2.75, 3.05) is 11.9 Å². The third-order valence-electron chi connectivity index (χ3n) is 4.97. The molecular formula is C21H18F2N2O4. The van der Waals surface area contributed by atoms with Crippen molar-refractivity contribution >= 4 is 28.6 Å². The minimum atomic E-state index is -1.36. The van der Waals surface area contributed by atoms with Crippen molar-refractivity contribution in [3.05, 3.63) is 59.8 Å². The van der Waals surface area contributed by atoms with Gasteiger partial charge in [0.25, 0.3) is 0 Å². The Bertz CT molecular complexity index is 1100. The SMILES string of the molecule is CN(C(=O)C1CC1)c1ccc(OCc2cc3c(F)cc(F)cc3n2C(=O)O)cc1. The number of hydrogen-bond donors (Lipinski definition) is 1. The van der Waals surface area contributed by atoms with Gasteiger partial charge in [0, 0.05) is 30.1 Å². The van der Waals surface area contributed by atoms with Crippen molar-refractivity contribution in [1.29, 1.82) is 0 Å². The van der Waals surface area contributed by atoms with Crippen molar-refractivity contribution in [3.63, 3.8) is 0 Å². The number of carboxylic acid groups (broad SMARTS) is 1. The van der Waals surface area contributed by atoms with Gasteiger partial charge in [0.1, 0.15) is 24.0 Å². The van der Waals surface area contributed by atoms with Crippen molar-refractivity contribution in [2.45, 2.75) is 19.4 Å². The molecule has 1 aromatic heterocycles. The van der Waals surface area contributed by atoms with E-state index in [4.69, 9.17) is 4.74 Å². The van der Waals surface area contributed by atoms with E-state index in [0.29, 0.717) is 11.8 Å². The maximum absolute atomic E-state index is 14.0. The van der Waals surface area contributed by atoms with Gasteiger partial charge in [-0.2, -0.15) is 0 Å². The molecule has 0 radical (unpaired) electrons. The number of ether oxygens (including phenoxy) is 1. The summed E-state index contributed by atoms with van der Waals surface area (Å²) in [5.74, 6) is -1.05. The van der Waals surface area contributed by atoms with Crippen LogP contribution in [0.25, 0.3) is 10.9 Å². The molecule has 0 spiro atoms. The molecule has 1 N–H and O–H groups in total. The van der Waals surface area contributed by atoms with E-state index in [1.165, 1.54) is 6.07 Å². The number of aromatic nitrogens is 1. The number of amides is 1. The molecule has 0 aliphatic heterocycles. The molecule has 1 saturated carbocycles. The highest BCUT2D eigenvalue weighted by molar-refractivity contribution is 5.96. The van der Waals surface area contributed by atoms with Gasteiger partial charge >= 0.3 is 6.09 Å². The van der Waals surface area contributed by atoms with Gasteiger partial charge in [-0.25, -0.2) is 18.1 Å². The summed E-state index contributed by atoms with van der Waals surface area (Å²) in [4.78, 5) is 25.3. The average molecular weight is 400 g/mol. The molecule has 1 heterocycles. The largest absolute Gasteiger partial charge is 0.487 e. The summed E-state index contributed by atoms with van der Waals surface area (Å²) >= 11 is 0. The second-order valence-electron chi connectivity index (χ2n) is 7.03. The molecule has 1 aliphatic rings. The van der Waals surface area contributed by atoms with E-state index in [2.05, 4.69) is 0 Å². The monoisotopic (exact) mass is 400 g/mol. The number of anilines is 1. The van der Waals surface area contributed by atoms with E-state index < -0.39 is 17.7 Å². The second-order valence-corrected chi connectivity index (χ2v) is 7.03. The molecule has 29 heavy (non-hydrogen) atoms. The lowest BCUT2D eigenvalue weighted by atomic mass is 10.2. The maximum atomic E-state index is 14.0. The maximum Gasteiger partial charge on any atom is 0.416 e. The fraction of sp³-hybridized carbons (Fsp3) is 0.238. The summed E-state index contributed by atoms with van der Waals surface area (Å²) in [7, 11) is 1.72. The Morgan fingerprint density at radius 2 is 1.86 bits per heavy atom. The zero-order valence-electron chi connectivity index (χ0n) is 15.6. The van der Waals surface area contributed by atoms with E-state index in [9.17, 15) is 23.5 Å². The Hall–Kier alpha value is -3.42. The summed E-state index contributed by atoms with van der Waals surface area (Å²) in [5.41, 5.74) is 0.817. The molecule has 0 atom stereocenters. The average Bonchev–Trinajstić information content (AvgIpc) is 3.46. The van der Waals surface area contributed by atoms with Crippen molar-refractivity contribution in [3.8, 4) is 5.75 Å².